The molecule has 0 spiro atoms. The normalized spacial score (nSPS) is 14.6. The lowest BCUT2D eigenvalue weighted by Gasteiger charge is -2.45. The summed E-state index contributed by atoms with van der Waals surface area (Å²) in [7, 11) is -2.96. The van der Waals surface area contributed by atoms with Crippen molar-refractivity contribution in [3.63, 3.8) is 0 Å². The summed E-state index contributed by atoms with van der Waals surface area (Å²) in [5.41, 5.74) is 6.88. The topological polar surface area (TPSA) is 15.6 Å². The molecule has 37 heavy (non-hydrogen) atoms. The first-order valence-electron chi connectivity index (χ1n) is 12.7. The quantitative estimate of drug-likeness (QED) is 0.252. The molecule has 0 saturated carbocycles. The van der Waals surface area contributed by atoms with E-state index in [1.165, 1.54) is 21.5 Å². The summed E-state index contributed by atoms with van der Waals surface area (Å²) in [5, 5.41) is 2.49. The van der Waals surface area contributed by atoms with Gasteiger partial charge in [0.05, 0.1) is 5.71 Å². The maximum atomic E-state index is 5.79. The fraction of sp³-hybridized carbons (Fsp3) is 0.0294. The molecule has 2 nitrogen and oxygen atoms in total. The summed E-state index contributed by atoms with van der Waals surface area (Å²) in [6.45, 7) is 2.14. The minimum absolute atomic E-state index is 1.02. The highest BCUT2D eigenvalue weighted by Crippen LogP contribution is 2.36. The molecule has 178 valence electrons. The van der Waals surface area contributed by atoms with E-state index in [4.69, 9.17) is 4.66 Å². The molecule has 3 heteroatoms. The molecule has 0 fully saturated rings. The molecule has 0 radical (unpaired) electrons. The minimum Gasteiger partial charge on any atom is -0.342 e. The van der Waals surface area contributed by atoms with Crippen LogP contribution in [0.15, 0.2) is 156 Å². The molecule has 6 rings (SSSR count). The molecule has 1 aliphatic rings. The lowest BCUT2D eigenvalue weighted by Crippen LogP contribution is -2.70. The first-order valence-corrected chi connectivity index (χ1v) is 14.6. The number of benzene rings is 5. The predicted octanol–water partition coefficient (Wildman–Crippen LogP) is 6.60. The van der Waals surface area contributed by atoms with Crippen LogP contribution in [0.3, 0.4) is 0 Å². The van der Waals surface area contributed by atoms with Crippen molar-refractivity contribution in [1.29, 1.82) is 0 Å². The van der Waals surface area contributed by atoms with Gasteiger partial charge in [-0.1, -0.05) is 139 Å². The van der Waals surface area contributed by atoms with Crippen LogP contribution in [0.4, 0.5) is 5.69 Å². The zero-order valence-corrected chi connectivity index (χ0v) is 21.8. The standard InChI is InChI=1S/C34H28N2Si/c1-27-22-24-30(25-23-27)36-34(29-16-8-3-9-17-29)26-33(28-14-6-2-7-15-28)35-37(36,31-18-10-4-11-19-31)32-20-12-5-13-21-32/h2-26H,1H3. The van der Waals surface area contributed by atoms with Crippen molar-refractivity contribution in [2.24, 2.45) is 4.66 Å². The molecule has 1 heterocycles. The summed E-state index contributed by atoms with van der Waals surface area (Å²) in [6.07, 6.45) is 2.27. The third-order valence-corrected chi connectivity index (χ3v) is 10.9. The number of nitrogens with zero attached hydrogens (tertiary/aromatic N) is 2. The van der Waals surface area contributed by atoms with Crippen LogP contribution in [0.25, 0.3) is 5.70 Å². The molecule has 0 unspecified atom stereocenters. The van der Waals surface area contributed by atoms with E-state index in [2.05, 4.69) is 163 Å². The molecule has 5 aromatic rings. The number of hydrogen-bond donors (Lipinski definition) is 0. The Morgan fingerprint density at radius 1 is 0.514 bits per heavy atom. The van der Waals surface area contributed by atoms with E-state index >= 15 is 0 Å². The van der Waals surface area contributed by atoms with Crippen LogP contribution in [-0.2, 0) is 0 Å². The smallest absolute Gasteiger partial charge is 0.342 e. The lowest BCUT2D eigenvalue weighted by atomic mass is 10.1. The van der Waals surface area contributed by atoms with Crippen LogP contribution in [0.5, 0.6) is 0 Å². The zero-order chi connectivity index (χ0) is 25.1. The third-order valence-electron chi connectivity index (χ3n) is 6.90. The SMILES string of the molecule is Cc1ccc(N2C(c3ccccc3)=CC(c3ccccc3)=N[Si]2(c2ccccc2)c2ccccc2)cc1. The van der Waals surface area contributed by atoms with Gasteiger partial charge >= 0.3 is 8.40 Å². The highest BCUT2D eigenvalue weighted by molar-refractivity contribution is 7.05. The first kappa shape index (κ1) is 23.0. The summed E-state index contributed by atoms with van der Waals surface area (Å²) >= 11 is 0. The van der Waals surface area contributed by atoms with Crippen LogP contribution in [-0.4, -0.2) is 14.1 Å². The Balaban J connectivity index is 1.74. The average molecular weight is 493 g/mol. The summed E-state index contributed by atoms with van der Waals surface area (Å²) in [4.78, 5) is 0. The number of hydrogen-bond acceptors (Lipinski definition) is 2. The molecular formula is C34H28N2Si. The highest BCUT2D eigenvalue weighted by Gasteiger charge is 2.49. The van der Waals surface area contributed by atoms with Crippen molar-refractivity contribution >= 4 is 35.9 Å². The molecule has 5 aromatic carbocycles. The Hall–Kier alpha value is -4.47. The van der Waals surface area contributed by atoms with E-state index in [1.54, 1.807) is 0 Å². The van der Waals surface area contributed by atoms with Gasteiger partial charge in [-0.2, -0.15) is 0 Å². The average Bonchev–Trinajstić information content (AvgIpc) is 2.99. The van der Waals surface area contributed by atoms with Gasteiger partial charge in [0.15, 0.2) is 0 Å². The molecule has 0 N–H and O–H groups in total. The van der Waals surface area contributed by atoms with E-state index in [0.717, 1.165) is 22.7 Å². The second-order valence-corrected chi connectivity index (χ2v) is 12.5. The van der Waals surface area contributed by atoms with Crippen molar-refractivity contribution in [2.75, 3.05) is 4.57 Å². The number of allylic oxidation sites excluding steroid dienone is 1. The van der Waals surface area contributed by atoms with Crippen molar-refractivity contribution in [3.05, 3.63) is 168 Å². The Morgan fingerprint density at radius 3 is 1.49 bits per heavy atom. The maximum absolute atomic E-state index is 5.79. The third kappa shape index (κ3) is 4.24. The molecule has 0 amide bonds. The summed E-state index contributed by atoms with van der Waals surface area (Å²) in [5.74, 6) is 0. The van der Waals surface area contributed by atoms with Crippen LogP contribution < -0.4 is 14.9 Å². The van der Waals surface area contributed by atoms with Crippen LogP contribution in [0.1, 0.15) is 16.7 Å². The van der Waals surface area contributed by atoms with Gasteiger partial charge in [0, 0.05) is 11.4 Å². The van der Waals surface area contributed by atoms with Gasteiger partial charge in [-0.15, -0.1) is 0 Å². The zero-order valence-electron chi connectivity index (χ0n) is 20.8. The van der Waals surface area contributed by atoms with Gasteiger partial charge < -0.3 is 4.57 Å². The fourth-order valence-corrected chi connectivity index (χ4v) is 9.25. The van der Waals surface area contributed by atoms with E-state index in [1.807, 2.05) is 0 Å². The Labute approximate surface area is 220 Å². The predicted molar refractivity (Wildman–Crippen MR) is 159 cm³/mol. The fourth-order valence-electron chi connectivity index (χ4n) is 5.12. The summed E-state index contributed by atoms with van der Waals surface area (Å²) in [6, 6.07) is 51.9. The second kappa shape index (κ2) is 9.88. The second-order valence-electron chi connectivity index (χ2n) is 9.33. The van der Waals surface area contributed by atoms with E-state index < -0.39 is 8.40 Å². The van der Waals surface area contributed by atoms with Crippen molar-refractivity contribution in [1.82, 2.24) is 0 Å². The highest BCUT2D eigenvalue weighted by atomic mass is 28.3. The lowest BCUT2D eigenvalue weighted by molar-refractivity contribution is 1.30. The maximum Gasteiger partial charge on any atom is 0.354 e. The Kier molecular flexibility index (Phi) is 6.13. The monoisotopic (exact) mass is 492 g/mol. The van der Waals surface area contributed by atoms with Gasteiger partial charge in [0.2, 0.25) is 0 Å². The largest absolute Gasteiger partial charge is 0.354 e. The van der Waals surface area contributed by atoms with Gasteiger partial charge in [0.25, 0.3) is 0 Å². The van der Waals surface area contributed by atoms with E-state index in [9.17, 15) is 0 Å². The summed E-state index contributed by atoms with van der Waals surface area (Å²) < 4.78 is 8.33. The Morgan fingerprint density at radius 2 is 0.973 bits per heavy atom. The molecule has 0 bridgehead atoms. The van der Waals surface area contributed by atoms with E-state index in [-0.39, 0.29) is 0 Å². The first-order chi connectivity index (χ1) is 18.3. The molecule has 0 atom stereocenters. The van der Waals surface area contributed by atoms with Crippen LogP contribution in [0.2, 0.25) is 0 Å². The number of aryl methyl sites for hydroxylation is 1. The number of anilines is 1. The van der Waals surface area contributed by atoms with Crippen molar-refractivity contribution in [3.8, 4) is 0 Å². The van der Waals surface area contributed by atoms with Gasteiger partial charge in [-0.3, -0.25) is 4.66 Å². The van der Waals surface area contributed by atoms with E-state index in [0.29, 0.717) is 0 Å². The molecule has 0 aromatic heterocycles. The van der Waals surface area contributed by atoms with Gasteiger partial charge in [-0.05, 0) is 46.6 Å². The molecule has 1 aliphatic heterocycles. The Bertz CT molecular complexity index is 1500. The van der Waals surface area contributed by atoms with Crippen LogP contribution in [0, 0.1) is 6.92 Å². The number of rotatable bonds is 5. The molecular weight excluding hydrogens is 464 g/mol. The van der Waals surface area contributed by atoms with Gasteiger partial charge in [0.1, 0.15) is 0 Å². The van der Waals surface area contributed by atoms with Crippen molar-refractivity contribution < 1.29 is 0 Å². The van der Waals surface area contributed by atoms with Gasteiger partial charge in [-0.25, -0.2) is 0 Å². The van der Waals surface area contributed by atoms with Crippen LogP contribution >= 0.6 is 0 Å². The van der Waals surface area contributed by atoms with Crippen molar-refractivity contribution in [2.45, 2.75) is 6.92 Å². The molecule has 0 saturated heterocycles. The minimum atomic E-state index is -2.96. The molecule has 0 aliphatic carbocycles.